The Morgan fingerprint density at radius 1 is 1.60 bits per heavy atom. The first-order chi connectivity index (χ1) is 6.94. The number of rotatable bonds is 4. The fourth-order valence-electron chi connectivity index (χ4n) is 1.73. The van der Waals surface area contributed by atoms with Gasteiger partial charge in [0.2, 0.25) is 5.91 Å². The number of aliphatic hydroxyl groups is 2. The minimum Gasteiger partial charge on any atom is -0.393 e. The molecule has 15 heavy (non-hydrogen) atoms. The van der Waals surface area contributed by atoms with Crippen molar-refractivity contribution in [1.82, 2.24) is 5.32 Å². The number of carbonyl (C=O) groups excluding carboxylic acids is 1. The van der Waals surface area contributed by atoms with E-state index in [-0.39, 0.29) is 31.0 Å². The number of amides is 1. The van der Waals surface area contributed by atoms with E-state index in [1.54, 1.807) is 0 Å². The second-order valence-electron chi connectivity index (χ2n) is 4.64. The van der Waals surface area contributed by atoms with Crippen molar-refractivity contribution in [1.29, 1.82) is 0 Å². The van der Waals surface area contributed by atoms with Crippen LogP contribution in [0.25, 0.3) is 0 Å². The molecule has 0 spiro atoms. The number of hydrogen-bond donors (Lipinski definition) is 4. The summed E-state index contributed by atoms with van der Waals surface area (Å²) in [6.07, 6.45) is 2.41. The van der Waals surface area contributed by atoms with Crippen LogP contribution in [-0.4, -0.2) is 40.9 Å². The van der Waals surface area contributed by atoms with Crippen molar-refractivity contribution in [3.63, 3.8) is 0 Å². The second-order valence-corrected chi connectivity index (χ2v) is 4.64. The molecule has 3 unspecified atom stereocenters. The molecule has 0 aromatic rings. The summed E-state index contributed by atoms with van der Waals surface area (Å²) >= 11 is 0. The van der Waals surface area contributed by atoms with Crippen molar-refractivity contribution in [2.45, 2.75) is 37.8 Å². The van der Waals surface area contributed by atoms with Crippen LogP contribution >= 0.6 is 0 Å². The van der Waals surface area contributed by atoms with E-state index in [4.69, 9.17) is 10.8 Å². The number of carbonyl (C=O) groups is 1. The number of nitrogens with two attached hydrogens (primary N) is 1. The zero-order valence-electron chi connectivity index (χ0n) is 9.07. The molecule has 1 amide bonds. The highest BCUT2D eigenvalue weighted by Crippen LogP contribution is 2.24. The summed E-state index contributed by atoms with van der Waals surface area (Å²) in [5.41, 5.74) is 4.46. The van der Waals surface area contributed by atoms with Crippen LogP contribution in [-0.2, 0) is 4.79 Å². The van der Waals surface area contributed by atoms with Gasteiger partial charge >= 0.3 is 0 Å². The quantitative estimate of drug-likeness (QED) is 0.483. The lowest BCUT2D eigenvalue weighted by atomic mass is 10.1. The van der Waals surface area contributed by atoms with Gasteiger partial charge in [0.05, 0.1) is 6.61 Å². The van der Waals surface area contributed by atoms with E-state index in [1.807, 2.05) is 0 Å². The van der Waals surface area contributed by atoms with Gasteiger partial charge < -0.3 is 21.3 Å². The Morgan fingerprint density at radius 3 is 2.73 bits per heavy atom. The summed E-state index contributed by atoms with van der Waals surface area (Å²) in [5.74, 6) is -0.105. The Morgan fingerprint density at radius 2 is 2.27 bits per heavy atom. The van der Waals surface area contributed by atoms with E-state index in [2.05, 4.69) is 5.32 Å². The van der Waals surface area contributed by atoms with Gasteiger partial charge in [0.25, 0.3) is 0 Å². The highest BCUT2D eigenvalue weighted by atomic mass is 16.3. The molecule has 5 nitrogen and oxygen atoms in total. The van der Waals surface area contributed by atoms with Gasteiger partial charge in [-0.1, -0.05) is 0 Å². The fourth-order valence-corrected chi connectivity index (χ4v) is 1.73. The van der Waals surface area contributed by atoms with Gasteiger partial charge in [0, 0.05) is 18.5 Å². The van der Waals surface area contributed by atoms with Gasteiger partial charge in [-0.3, -0.25) is 4.79 Å². The van der Waals surface area contributed by atoms with E-state index in [0.717, 1.165) is 12.8 Å². The molecular weight excluding hydrogens is 196 g/mol. The SMILES string of the molecule is CC(O)(CO)CNC(=O)C1CCC(N)C1. The smallest absolute Gasteiger partial charge is 0.223 e. The third-order valence-electron chi connectivity index (χ3n) is 2.83. The monoisotopic (exact) mass is 216 g/mol. The van der Waals surface area contributed by atoms with Crippen molar-refractivity contribution in [2.24, 2.45) is 11.7 Å². The van der Waals surface area contributed by atoms with Crippen LogP contribution in [0.4, 0.5) is 0 Å². The van der Waals surface area contributed by atoms with Crippen molar-refractivity contribution in [3.05, 3.63) is 0 Å². The third kappa shape index (κ3) is 3.77. The lowest BCUT2D eigenvalue weighted by molar-refractivity contribution is -0.126. The summed E-state index contributed by atoms with van der Waals surface area (Å²) in [6, 6.07) is 0.124. The largest absolute Gasteiger partial charge is 0.393 e. The van der Waals surface area contributed by atoms with Crippen LogP contribution in [0.5, 0.6) is 0 Å². The average molecular weight is 216 g/mol. The highest BCUT2D eigenvalue weighted by molar-refractivity contribution is 5.79. The van der Waals surface area contributed by atoms with E-state index in [1.165, 1.54) is 6.92 Å². The van der Waals surface area contributed by atoms with E-state index in [9.17, 15) is 9.90 Å². The maximum absolute atomic E-state index is 11.6. The van der Waals surface area contributed by atoms with Gasteiger partial charge in [-0.2, -0.15) is 0 Å². The zero-order chi connectivity index (χ0) is 11.5. The molecule has 1 aliphatic carbocycles. The van der Waals surface area contributed by atoms with Crippen molar-refractivity contribution < 1.29 is 15.0 Å². The molecule has 0 saturated heterocycles. The molecular formula is C10H20N2O3. The topological polar surface area (TPSA) is 95.6 Å². The standard InChI is InChI=1S/C10H20N2O3/c1-10(15,6-13)5-12-9(14)7-2-3-8(11)4-7/h7-8,13,15H,2-6,11H2,1H3,(H,12,14). The molecule has 5 N–H and O–H groups in total. The van der Waals surface area contributed by atoms with Crippen molar-refractivity contribution in [3.8, 4) is 0 Å². The molecule has 3 atom stereocenters. The normalized spacial score (nSPS) is 29.9. The van der Waals surface area contributed by atoms with Gasteiger partial charge in [0.15, 0.2) is 0 Å². The lowest BCUT2D eigenvalue weighted by Gasteiger charge is -2.21. The maximum atomic E-state index is 11.6. The number of nitrogens with one attached hydrogen (secondary N) is 1. The highest BCUT2D eigenvalue weighted by Gasteiger charge is 2.29. The maximum Gasteiger partial charge on any atom is 0.223 e. The Bertz CT molecular complexity index is 231. The van der Waals surface area contributed by atoms with E-state index >= 15 is 0 Å². The first-order valence-corrected chi connectivity index (χ1v) is 5.31. The molecule has 1 fully saturated rings. The lowest BCUT2D eigenvalue weighted by Crippen LogP contribution is -2.44. The van der Waals surface area contributed by atoms with Gasteiger partial charge in [-0.05, 0) is 26.2 Å². The predicted molar refractivity (Wildman–Crippen MR) is 56.0 cm³/mol. The predicted octanol–water partition coefficient (Wildman–Crippen LogP) is -1.03. The van der Waals surface area contributed by atoms with Crippen LogP contribution in [0.1, 0.15) is 26.2 Å². The summed E-state index contributed by atoms with van der Waals surface area (Å²) < 4.78 is 0. The Kier molecular flexibility index (Phi) is 4.07. The molecule has 0 aromatic heterocycles. The molecule has 1 rings (SSSR count). The summed E-state index contributed by atoms with van der Waals surface area (Å²) in [7, 11) is 0. The second kappa shape index (κ2) is 4.92. The molecule has 1 aliphatic rings. The minimum atomic E-state index is -1.24. The first kappa shape index (κ1) is 12.4. The van der Waals surface area contributed by atoms with E-state index in [0.29, 0.717) is 6.42 Å². The summed E-state index contributed by atoms with van der Waals surface area (Å²) in [4.78, 5) is 11.6. The van der Waals surface area contributed by atoms with Gasteiger partial charge in [-0.15, -0.1) is 0 Å². The van der Waals surface area contributed by atoms with Crippen LogP contribution in [0.2, 0.25) is 0 Å². The minimum absolute atomic E-state index is 0.0329. The van der Waals surface area contributed by atoms with Gasteiger partial charge in [0.1, 0.15) is 5.60 Å². The molecule has 0 bridgehead atoms. The van der Waals surface area contributed by atoms with Gasteiger partial charge in [-0.25, -0.2) is 0 Å². The Labute approximate surface area is 89.7 Å². The fraction of sp³-hybridized carbons (Fsp3) is 0.900. The van der Waals surface area contributed by atoms with Crippen LogP contribution in [0.15, 0.2) is 0 Å². The molecule has 88 valence electrons. The van der Waals surface area contributed by atoms with Crippen molar-refractivity contribution in [2.75, 3.05) is 13.2 Å². The Balaban J connectivity index is 2.30. The summed E-state index contributed by atoms with van der Waals surface area (Å²) in [5, 5.41) is 20.9. The molecule has 5 heteroatoms. The molecule has 1 saturated carbocycles. The molecule has 0 heterocycles. The van der Waals surface area contributed by atoms with Crippen LogP contribution < -0.4 is 11.1 Å². The van der Waals surface area contributed by atoms with E-state index < -0.39 is 5.60 Å². The summed E-state index contributed by atoms with van der Waals surface area (Å²) in [6.45, 7) is 1.19. The molecule has 0 aliphatic heterocycles. The number of aliphatic hydroxyl groups excluding tert-OH is 1. The first-order valence-electron chi connectivity index (χ1n) is 5.31. The third-order valence-corrected chi connectivity index (χ3v) is 2.83. The number of hydrogen-bond acceptors (Lipinski definition) is 4. The zero-order valence-corrected chi connectivity index (χ0v) is 9.07. The van der Waals surface area contributed by atoms with Crippen LogP contribution in [0.3, 0.4) is 0 Å². The van der Waals surface area contributed by atoms with Crippen molar-refractivity contribution >= 4 is 5.91 Å². The average Bonchev–Trinajstić information content (AvgIpc) is 2.61. The molecule has 0 radical (unpaired) electrons. The Hall–Kier alpha value is -0.650. The molecule has 0 aromatic carbocycles. The van der Waals surface area contributed by atoms with Crippen LogP contribution in [0, 0.1) is 5.92 Å².